The average molecular weight is 282 g/mol. The van der Waals surface area contributed by atoms with E-state index in [1.54, 1.807) is 0 Å². The number of hydrogen-bond acceptors (Lipinski definition) is 2. The first kappa shape index (κ1) is 15.7. The van der Waals surface area contributed by atoms with Gasteiger partial charge in [-0.05, 0) is 61.8 Å². The van der Waals surface area contributed by atoms with Gasteiger partial charge < -0.3 is 0 Å². The molecule has 21 heavy (non-hydrogen) atoms. The third-order valence-electron chi connectivity index (χ3n) is 4.15. The van der Waals surface area contributed by atoms with Crippen LogP contribution in [0.4, 0.5) is 0 Å². The molecular weight excluding hydrogens is 256 g/mol. The maximum absolute atomic E-state index is 4.46. The summed E-state index contributed by atoms with van der Waals surface area (Å²) in [6.45, 7) is 13.1. The number of nitrogens with zero attached hydrogens (tertiary/aromatic N) is 2. The molecule has 0 aliphatic rings. The molecule has 2 nitrogen and oxygen atoms in total. The molecule has 2 heteroatoms. The number of hydrogen-bond donors (Lipinski definition) is 0. The van der Waals surface area contributed by atoms with Crippen LogP contribution in [0.2, 0.25) is 0 Å². The minimum absolute atomic E-state index is 0.432. The molecule has 0 N–H and O–H groups in total. The van der Waals surface area contributed by atoms with Crippen molar-refractivity contribution in [2.45, 2.75) is 59.8 Å². The molecule has 0 unspecified atom stereocenters. The van der Waals surface area contributed by atoms with E-state index in [9.17, 15) is 0 Å². The molecule has 1 aromatic heterocycles. The van der Waals surface area contributed by atoms with E-state index in [0.717, 1.165) is 17.8 Å². The Hall–Kier alpha value is -1.70. The predicted octanol–water partition coefficient (Wildman–Crippen LogP) is 4.87. The van der Waals surface area contributed by atoms with Crippen molar-refractivity contribution in [2.75, 3.05) is 0 Å². The van der Waals surface area contributed by atoms with Crippen LogP contribution in [0.3, 0.4) is 0 Å². The molecule has 0 saturated carbocycles. The highest BCUT2D eigenvalue weighted by Gasteiger charge is 2.13. The maximum Gasteiger partial charge on any atom is 0.0666 e. The Morgan fingerprint density at radius 1 is 0.905 bits per heavy atom. The van der Waals surface area contributed by atoms with Crippen LogP contribution in [-0.2, 0) is 6.42 Å². The van der Waals surface area contributed by atoms with Gasteiger partial charge in [0.15, 0.2) is 0 Å². The van der Waals surface area contributed by atoms with Crippen LogP contribution in [0.5, 0.6) is 0 Å². The molecule has 0 amide bonds. The Bertz CT molecular complexity index is 629. The summed E-state index contributed by atoms with van der Waals surface area (Å²) < 4.78 is 0. The van der Waals surface area contributed by atoms with E-state index in [2.05, 4.69) is 76.0 Å². The average Bonchev–Trinajstić information content (AvgIpc) is 2.40. The van der Waals surface area contributed by atoms with Crippen molar-refractivity contribution in [1.29, 1.82) is 0 Å². The molecule has 1 atom stereocenters. The van der Waals surface area contributed by atoms with E-state index < -0.39 is 0 Å². The lowest BCUT2D eigenvalue weighted by Crippen LogP contribution is -2.07. The van der Waals surface area contributed by atoms with E-state index in [4.69, 9.17) is 0 Å². The van der Waals surface area contributed by atoms with E-state index in [1.165, 1.54) is 22.3 Å². The van der Waals surface area contributed by atoms with Crippen LogP contribution >= 0.6 is 0 Å². The molecule has 0 aliphatic carbocycles. The summed E-state index contributed by atoms with van der Waals surface area (Å²) in [5.74, 6) is 0.894. The monoisotopic (exact) mass is 282 g/mol. The standard InChI is InChI=1S/C19H26N2/c1-12(2)18-11-16(6)19(21-20-18)10-15(5)17-8-7-13(3)9-14(17)4/h7-9,11-12,15H,10H2,1-6H3/t15-/m0/s1. The van der Waals surface area contributed by atoms with Gasteiger partial charge in [0.2, 0.25) is 0 Å². The molecule has 0 bridgehead atoms. The highest BCUT2D eigenvalue weighted by Crippen LogP contribution is 2.25. The van der Waals surface area contributed by atoms with Gasteiger partial charge >= 0.3 is 0 Å². The third-order valence-corrected chi connectivity index (χ3v) is 4.15. The summed E-state index contributed by atoms with van der Waals surface area (Å²) in [5, 5.41) is 8.83. The molecule has 112 valence electrons. The zero-order chi connectivity index (χ0) is 15.6. The Morgan fingerprint density at radius 3 is 2.19 bits per heavy atom. The molecule has 2 aromatic rings. The molecule has 1 heterocycles. The summed E-state index contributed by atoms with van der Waals surface area (Å²) in [6.07, 6.45) is 0.946. The van der Waals surface area contributed by atoms with Crippen LogP contribution in [-0.4, -0.2) is 10.2 Å². The Kier molecular flexibility index (Phi) is 4.76. The van der Waals surface area contributed by atoms with Gasteiger partial charge in [0, 0.05) is 0 Å². The Morgan fingerprint density at radius 2 is 1.62 bits per heavy atom. The van der Waals surface area contributed by atoms with Crippen LogP contribution in [0.25, 0.3) is 0 Å². The van der Waals surface area contributed by atoms with E-state index >= 15 is 0 Å². The van der Waals surface area contributed by atoms with Gasteiger partial charge in [-0.15, -0.1) is 0 Å². The van der Waals surface area contributed by atoms with Gasteiger partial charge in [-0.25, -0.2) is 0 Å². The third kappa shape index (κ3) is 3.69. The van der Waals surface area contributed by atoms with Crippen molar-refractivity contribution in [1.82, 2.24) is 10.2 Å². The molecule has 0 saturated heterocycles. The lowest BCUT2D eigenvalue weighted by Gasteiger charge is -2.16. The van der Waals surface area contributed by atoms with Gasteiger partial charge in [0.25, 0.3) is 0 Å². The smallest absolute Gasteiger partial charge is 0.0666 e. The molecule has 1 aromatic carbocycles. The normalized spacial score (nSPS) is 12.7. The second-order valence-electron chi connectivity index (χ2n) is 6.52. The van der Waals surface area contributed by atoms with Crippen molar-refractivity contribution >= 4 is 0 Å². The van der Waals surface area contributed by atoms with Crippen molar-refractivity contribution in [2.24, 2.45) is 0 Å². The highest BCUT2D eigenvalue weighted by atomic mass is 15.1. The van der Waals surface area contributed by atoms with Crippen LogP contribution in [0.15, 0.2) is 24.3 Å². The lowest BCUT2D eigenvalue weighted by atomic mass is 9.90. The van der Waals surface area contributed by atoms with Crippen molar-refractivity contribution < 1.29 is 0 Å². The van der Waals surface area contributed by atoms with Crippen molar-refractivity contribution in [3.05, 3.63) is 57.9 Å². The molecule has 0 radical (unpaired) electrons. The predicted molar refractivity (Wildman–Crippen MR) is 88.9 cm³/mol. The molecule has 0 fully saturated rings. The van der Waals surface area contributed by atoms with Gasteiger partial charge in [0.05, 0.1) is 11.4 Å². The number of benzene rings is 1. The number of aryl methyl sites for hydroxylation is 3. The van der Waals surface area contributed by atoms with Gasteiger partial charge in [0.1, 0.15) is 0 Å². The zero-order valence-corrected chi connectivity index (χ0v) is 14.1. The van der Waals surface area contributed by atoms with Gasteiger partial charge in [-0.1, -0.05) is 44.5 Å². The highest BCUT2D eigenvalue weighted by molar-refractivity contribution is 5.34. The number of rotatable bonds is 4. The van der Waals surface area contributed by atoms with E-state index in [1.807, 2.05) is 0 Å². The van der Waals surface area contributed by atoms with Crippen molar-refractivity contribution in [3.63, 3.8) is 0 Å². The number of aromatic nitrogens is 2. The van der Waals surface area contributed by atoms with Crippen LogP contribution in [0.1, 0.15) is 66.2 Å². The molecule has 0 aliphatic heterocycles. The first-order valence-electron chi connectivity index (χ1n) is 7.78. The van der Waals surface area contributed by atoms with E-state index in [-0.39, 0.29) is 0 Å². The van der Waals surface area contributed by atoms with Gasteiger partial charge in [-0.2, -0.15) is 10.2 Å². The molecular formula is C19H26N2. The summed E-state index contributed by atoms with van der Waals surface area (Å²) in [5.41, 5.74) is 7.55. The fraction of sp³-hybridized carbons (Fsp3) is 0.474. The first-order chi connectivity index (χ1) is 9.88. The Balaban J connectivity index is 2.21. The fourth-order valence-corrected chi connectivity index (χ4v) is 2.79. The lowest BCUT2D eigenvalue weighted by molar-refractivity contribution is 0.697. The van der Waals surface area contributed by atoms with Crippen LogP contribution < -0.4 is 0 Å². The Labute approximate surface area is 128 Å². The van der Waals surface area contributed by atoms with Gasteiger partial charge in [-0.3, -0.25) is 0 Å². The van der Waals surface area contributed by atoms with Crippen LogP contribution in [0, 0.1) is 20.8 Å². The summed E-state index contributed by atoms with van der Waals surface area (Å²) in [6, 6.07) is 8.88. The second kappa shape index (κ2) is 6.38. The summed E-state index contributed by atoms with van der Waals surface area (Å²) in [7, 11) is 0. The summed E-state index contributed by atoms with van der Waals surface area (Å²) >= 11 is 0. The first-order valence-corrected chi connectivity index (χ1v) is 7.78. The second-order valence-corrected chi connectivity index (χ2v) is 6.52. The van der Waals surface area contributed by atoms with Crippen molar-refractivity contribution in [3.8, 4) is 0 Å². The molecule has 0 spiro atoms. The minimum Gasteiger partial charge on any atom is -0.155 e. The fourth-order valence-electron chi connectivity index (χ4n) is 2.79. The minimum atomic E-state index is 0.432. The van der Waals surface area contributed by atoms with E-state index in [0.29, 0.717) is 11.8 Å². The molecule has 2 rings (SSSR count). The zero-order valence-electron chi connectivity index (χ0n) is 14.1. The maximum atomic E-state index is 4.46. The summed E-state index contributed by atoms with van der Waals surface area (Å²) in [4.78, 5) is 0. The topological polar surface area (TPSA) is 25.8 Å². The SMILES string of the molecule is Cc1ccc([C@@H](C)Cc2nnc(C(C)C)cc2C)c(C)c1. The largest absolute Gasteiger partial charge is 0.155 e. The quantitative estimate of drug-likeness (QED) is 0.799.